The van der Waals surface area contributed by atoms with Crippen LogP contribution < -0.4 is 4.74 Å². The van der Waals surface area contributed by atoms with E-state index in [-0.39, 0.29) is 17.6 Å². The van der Waals surface area contributed by atoms with Crippen LogP contribution >= 0.6 is 0 Å². The van der Waals surface area contributed by atoms with E-state index in [2.05, 4.69) is 0 Å². The van der Waals surface area contributed by atoms with Crippen LogP contribution in [0.3, 0.4) is 0 Å². The first-order valence-electron chi connectivity index (χ1n) is 8.82. The molecule has 1 aromatic carbocycles. The van der Waals surface area contributed by atoms with Gasteiger partial charge in [-0.05, 0) is 44.4 Å². The quantitative estimate of drug-likeness (QED) is 0.739. The third kappa shape index (κ3) is 5.19. The third-order valence-corrected chi connectivity index (χ3v) is 6.47. The fourth-order valence-corrected chi connectivity index (χ4v) is 4.22. The molecule has 25 heavy (non-hydrogen) atoms. The van der Waals surface area contributed by atoms with Gasteiger partial charge in [-0.2, -0.15) is 0 Å². The molecule has 0 N–H and O–H groups in total. The van der Waals surface area contributed by atoms with Crippen molar-refractivity contribution in [3.63, 3.8) is 0 Å². The Labute approximate surface area is 150 Å². The van der Waals surface area contributed by atoms with E-state index in [0.29, 0.717) is 39.1 Å². The van der Waals surface area contributed by atoms with Gasteiger partial charge in [-0.25, -0.2) is 12.7 Å². The van der Waals surface area contributed by atoms with Crippen LogP contribution in [0.15, 0.2) is 24.3 Å². The molecule has 0 aromatic heterocycles. The molecule has 1 heterocycles. The van der Waals surface area contributed by atoms with Gasteiger partial charge in [-0.1, -0.05) is 12.1 Å². The van der Waals surface area contributed by atoms with Gasteiger partial charge in [0.2, 0.25) is 15.9 Å². The van der Waals surface area contributed by atoms with Crippen molar-refractivity contribution in [2.75, 3.05) is 32.5 Å². The van der Waals surface area contributed by atoms with Crippen LogP contribution in [0, 0.1) is 5.92 Å². The van der Waals surface area contributed by atoms with Crippen molar-refractivity contribution in [2.45, 2.75) is 33.2 Å². The lowest BCUT2D eigenvalue weighted by Crippen LogP contribution is -2.43. The largest absolute Gasteiger partial charge is 0.494 e. The maximum absolute atomic E-state index is 12.6. The van der Waals surface area contributed by atoms with Crippen LogP contribution in [-0.2, 0) is 21.4 Å². The predicted molar refractivity (Wildman–Crippen MR) is 97.8 cm³/mol. The first-order valence-corrected chi connectivity index (χ1v) is 10.4. The van der Waals surface area contributed by atoms with Crippen LogP contribution in [0.2, 0.25) is 0 Å². The Kier molecular flexibility index (Phi) is 6.84. The molecule has 0 spiro atoms. The lowest BCUT2D eigenvalue weighted by Gasteiger charge is -2.32. The molecule has 1 aromatic rings. The van der Waals surface area contributed by atoms with Crippen LogP contribution in [0.5, 0.6) is 5.75 Å². The van der Waals surface area contributed by atoms with E-state index in [1.807, 2.05) is 31.2 Å². The Morgan fingerprint density at radius 2 is 1.80 bits per heavy atom. The molecule has 6 nitrogen and oxygen atoms in total. The molecule has 0 bridgehead atoms. The molecule has 0 saturated carbocycles. The maximum Gasteiger partial charge on any atom is 0.225 e. The first-order chi connectivity index (χ1) is 11.9. The van der Waals surface area contributed by atoms with Crippen molar-refractivity contribution in [3.8, 4) is 5.75 Å². The van der Waals surface area contributed by atoms with Crippen LogP contribution in [0.4, 0.5) is 0 Å². The highest BCUT2D eigenvalue weighted by molar-refractivity contribution is 7.89. The van der Waals surface area contributed by atoms with Crippen LogP contribution in [0.1, 0.15) is 32.3 Å². The number of hydrogen-bond acceptors (Lipinski definition) is 4. The van der Waals surface area contributed by atoms with Crippen molar-refractivity contribution in [3.05, 3.63) is 29.8 Å². The number of rotatable bonds is 7. The molecule has 7 heteroatoms. The van der Waals surface area contributed by atoms with Crippen molar-refractivity contribution < 1.29 is 17.9 Å². The third-order valence-electron chi connectivity index (χ3n) is 4.59. The minimum atomic E-state index is -3.15. The smallest absolute Gasteiger partial charge is 0.225 e. The topological polar surface area (TPSA) is 66.9 Å². The van der Waals surface area contributed by atoms with E-state index in [4.69, 9.17) is 4.74 Å². The summed E-state index contributed by atoms with van der Waals surface area (Å²) in [5.74, 6) is 0.923. The summed E-state index contributed by atoms with van der Waals surface area (Å²) in [4.78, 5) is 14.4. The predicted octanol–water partition coefficient (Wildman–Crippen LogP) is 2.11. The molecular weight excluding hydrogens is 340 g/mol. The van der Waals surface area contributed by atoms with Gasteiger partial charge in [-0.15, -0.1) is 0 Å². The summed E-state index contributed by atoms with van der Waals surface area (Å²) < 4.78 is 30.7. The van der Waals surface area contributed by atoms with E-state index in [1.165, 1.54) is 4.31 Å². The zero-order chi connectivity index (χ0) is 18.4. The molecule has 1 aliphatic heterocycles. The standard InChI is InChI=1S/C18H28N2O4S/c1-4-24-17-8-6-15(7-9-17)14-19(3)18(21)16-10-12-20(13-11-16)25(22,23)5-2/h6-9,16H,4-5,10-14H2,1-3H3. The normalized spacial score (nSPS) is 16.6. The molecule has 0 unspecified atom stereocenters. The Bertz CT molecular complexity index is 665. The van der Waals surface area contributed by atoms with Gasteiger partial charge >= 0.3 is 0 Å². The Hall–Kier alpha value is -1.60. The number of amides is 1. The summed E-state index contributed by atoms with van der Waals surface area (Å²) in [6.45, 7) is 5.63. The van der Waals surface area contributed by atoms with Crippen molar-refractivity contribution in [2.24, 2.45) is 5.92 Å². The summed E-state index contributed by atoms with van der Waals surface area (Å²) in [7, 11) is -1.35. The number of carbonyl (C=O) groups excluding carboxylic acids is 1. The summed E-state index contributed by atoms with van der Waals surface area (Å²) in [5.41, 5.74) is 1.05. The van der Waals surface area contributed by atoms with E-state index in [0.717, 1.165) is 11.3 Å². The van der Waals surface area contributed by atoms with E-state index >= 15 is 0 Å². The highest BCUT2D eigenvalue weighted by atomic mass is 32.2. The lowest BCUT2D eigenvalue weighted by molar-refractivity contribution is -0.135. The van der Waals surface area contributed by atoms with Gasteiger partial charge < -0.3 is 9.64 Å². The second-order valence-electron chi connectivity index (χ2n) is 6.35. The molecule has 2 rings (SSSR count). The Balaban J connectivity index is 1.88. The van der Waals surface area contributed by atoms with Crippen molar-refractivity contribution >= 4 is 15.9 Å². The van der Waals surface area contributed by atoms with E-state index in [9.17, 15) is 13.2 Å². The van der Waals surface area contributed by atoms with Crippen LogP contribution in [0.25, 0.3) is 0 Å². The molecule has 1 amide bonds. The first kappa shape index (κ1) is 19.7. The van der Waals surface area contributed by atoms with Crippen molar-refractivity contribution in [1.29, 1.82) is 0 Å². The van der Waals surface area contributed by atoms with E-state index in [1.54, 1.807) is 18.9 Å². The summed E-state index contributed by atoms with van der Waals surface area (Å²) >= 11 is 0. The second kappa shape index (κ2) is 8.67. The number of nitrogens with zero attached hydrogens (tertiary/aromatic N) is 2. The van der Waals surface area contributed by atoms with Crippen molar-refractivity contribution in [1.82, 2.24) is 9.21 Å². The molecule has 1 aliphatic rings. The zero-order valence-electron chi connectivity index (χ0n) is 15.3. The van der Waals surface area contributed by atoms with Gasteiger partial charge in [0.15, 0.2) is 0 Å². The number of carbonyl (C=O) groups is 1. The SMILES string of the molecule is CCOc1ccc(CN(C)C(=O)C2CCN(S(=O)(=O)CC)CC2)cc1. The number of hydrogen-bond donors (Lipinski definition) is 0. The molecular formula is C18H28N2O4S. The van der Waals surface area contributed by atoms with Gasteiger partial charge in [0.1, 0.15) is 5.75 Å². The molecule has 0 aliphatic carbocycles. The lowest BCUT2D eigenvalue weighted by atomic mass is 9.96. The maximum atomic E-state index is 12.6. The minimum absolute atomic E-state index is 0.0856. The number of sulfonamides is 1. The average Bonchev–Trinajstić information content (AvgIpc) is 2.63. The highest BCUT2D eigenvalue weighted by Gasteiger charge is 2.31. The number of piperidine rings is 1. The highest BCUT2D eigenvalue weighted by Crippen LogP contribution is 2.22. The fraction of sp³-hybridized carbons (Fsp3) is 0.611. The Morgan fingerprint density at radius 1 is 1.20 bits per heavy atom. The number of benzene rings is 1. The fourth-order valence-electron chi connectivity index (χ4n) is 3.08. The van der Waals surface area contributed by atoms with Crippen LogP contribution in [-0.4, -0.2) is 56.0 Å². The number of ether oxygens (including phenoxy) is 1. The van der Waals surface area contributed by atoms with Gasteiger partial charge in [0.25, 0.3) is 0 Å². The summed E-state index contributed by atoms with van der Waals surface area (Å²) in [5, 5.41) is 0. The summed E-state index contributed by atoms with van der Waals surface area (Å²) in [6.07, 6.45) is 1.18. The van der Waals surface area contributed by atoms with E-state index < -0.39 is 10.0 Å². The van der Waals surface area contributed by atoms with Gasteiger partial charge in [0.05, 0.1) is 12.4 Å². The molecule has 1 saturated heterocycles. The minimum Gasteiger partial charge on any atom is -0.494 e. The van der Waals surface area contributed by atoms with Gasteiger partial charge in [-0.3, -0.25) is 4.79 Å². The Morgan fingerprint density at radius 3 is 2.32 bits per heavy atom. The molecule has 0 radical (unpaired) electrons. The average molecular weight is 368 g/mol. The molecule has 140 valence electrons. The molecule has 0 atom stereocenters. The summed E-state index contributed by atoms with van der Waals surface area (Å²) in [6, 6.07) is 7.74. The molecule has 1 fully saturated rings. The monoisotopic (exact) mass is 368 g/mol. The second-order valence-corrected chi connectivity index (χ2v) is 8.60. The zero-order valence-corrected chi connectivity index (χ0v) is 16.1. The van der Waals surface area contributed by atoms with Gasteiger partial charge in [0, 0.05) is 32.6 Å².